The highest BCUT2D eigenvalue weighted by atomic mass is 32.2. The van der Waals surface area contributed by atoms with Gasteiger partial charge in [0.25, 0.3) is 5.91 Å². The quantitative estimate of drug-likeness (QED) is 0.812. The van der Waals surface area contributed by atoms with Crippen molar-refractivity contribution in [3.63, 3.8) is 0 Å². The Hall–Kier alpha value is -1.23. The van der Waals surface area contributed by atoms with Gasteiger partial charge in [0, 0.05) is 19.8 Å². The number of carbonyl (C=O) groups is 1. The lowest BCUT2D eigenvalue weighted by atomic mass is 10.2. The zero-order valence-electron chi connectivity index (χ0n) is 10.5. The van der Waals surface area contributed by atoms with Gasteiger partial charge < -0.3 is 10.6 Å². The van der Waals surface area contributed by atoms with E-state index >= 15 is 0 Å². The first-order chi connectivity index (χ1) is 8.19. The van der Waals surface area contributed by atoms with Gasteiger partial charge in [0.2, 0.25) is 0 Å². The van der Waals surface area contributed by atoms with Gasteiger partial charge in [-0.15, -0.1) is 0 Å². The molecule has 0 radical (unpaired) electrons. The maximum atomic E-state index is 11.9. The van der Waals surface area contributed by atoms with Crippen LogP contribution in [-0.2, 0) is 0 Å². The number of hydrogen-bond donors (Lipinski definition) is 2. The average Bonchev–Trinajstić information content (AvgIpc) is 2.36. The molecule has 1 atom stereocenters. The molecule has 1 rings (SSSR count). The van der Waals surface area contributed by atoms with Crippen molar-refractivity contribution in [1.29, 1.82) is 0 Å². The maximum Gasteiger partial charge on any atom is 0.255 e. The van der Waals surface area contributed by atoms with Gasteiger partial charge in [0.15, 0.2) is 0 Å². The summed E-state index contributed by atoms with van der Waals surface area (Å²) in [4.78, 5) is 16.0. The van der Waals surface area contributed by atoms with Crippen molar-refractivity contribution < 1.29 is 4.79 Å². The Morgan fingerprint density at radius 3 is 3.00 bits per heavy atom. The standard InChI is InChI=1S/C12H19N3OS/c1-9(8-17-3)7-15-12(16)10-5-4-6-14-11(10)13-2/h4-6,9H,7-8H2,1-3H3,(H,13,14)(H,15,16). The summed E-state index contributed by atoms with van der Waals surface area (Å²) in [5.41, 5.74) is 0.589. The molecule has 4 nitrogen and oxygen atoms in total. The third-order valence-corrected chi connectivity index (χ3v) is 3.25. The first-order valence-electron chi connectivity index (χ1n) is 5.59. The number of aromatic nitrogens is 1. The lowest BCUT2D eigenvalue weighted by Crippen LogP contribution is -2.29. The molecule has 0 spiro atoms. The molecule has 0 aliphatic rings. The van der Waals surface area contributed by atoms with E-state index < -0.39 is 0 Å². The minimum atomic E-state index is -0.0737. The Morgan fingerprint density at radius 1 is 1.59 bits per heavy atom. The highest BCUT2D eigenvalue weighted by molar-refractivity contribution is 7.98. The molecule has 0 aliphatic carbocycles. The second kappa shape index (κ2) is 7.17. The summed E-state index contributed by atoms with van der Waals surface area (Å²) < 4.78 is 0. The molecule has 1 unspecified atom stereocenters. The van der Waals surface area contributed by atoms with E-state index in [1.165, 1.54) is 0 Å². The van der Waals surface area contributed by atoms with E-state index in [-0.39, 0.29) is 5.91 Å². The number of anilines is 1. The summed E-state index contributed by atoms with van der Waals surface area (Å²) in [5.74, 6) is 2.06. The van der Waals surface area contributed by atoms with E-state index in [1.807, 2.05) is 0 Å². The fourth-order valence-electron chi connectivity index (χ4n) is 1.49. The molecule has 1 heterocycles. The maximum absolute atomic E-state index is 11.9. The van der Waals surface area contributed by atoms with Crippen molar-refractivity contribution in [1.82, 2.24) is 10.3 Å². The number of rotatable bonds is 6. The fourth-order valence-corrected chi connectivity index (χ4v) is 2.18. The Kier molecular flexibility index (Phi) is 5.83. The van der Waals surface area contributed by atoms with Crippen molar-refractivity contribution in [2.24, 2.45) is 5.92 Å². The smallest absolute Gasteiger partial charge is 0.255 e. The van der Waals surface area contributed by atoms with Crippen molar-refractivity contribution in [3.8, 4) is 0 Å². The molecule has 1 aromatic heterocycles. The predicted octanol–water partition coefficient (Wildman–Crippen LogP) is 1.85. The van der Waals surface area contributed by atoms with E-state index in [4.69, 9.17) is 0 Å². The molecule has 0 aliphatic heterocycles. The Labute approximate surface area is 107 Å². The van der Waals surface area contributed by atoms with Crippen LogP contribution in [-0.4, -0.2) is 36.5 Å². The predicted molar refractivity (Wildman–Crippen MR) is 73.7 cm³/mol. The van der Waals surface area contributed by atoms with Crippen LogP contribution in [0.5, 0.6) is 0 Å². The van der Waals surface area contributed by atoms with Crippen LogP contribution < -0.4 is 10.6 Å². The van der Waals surface area contributed by atoms with Gasteiger partial charge in [0.05, 0.1) is 5.56 Å². The first kappa shape index (κ1) is 13.8. The molecule has 0 saturated carbocycles. The fraction of sp³-hybridized carbons (Fsp3) is 0.500. The molecular formula is C12H19N3OS. The molecule has 94 valence electrons. The Bertz CT molecular complexity index is 371. The second-order valence-corrected chi connectivity index (χ2v) is 4.83. The van der Waals surface area contributed by atoms with Crippen LogP contribution in [0.4, 0.5) is 5.82 Å². The van der Waals surface area contributed by atoms with Crippen LogP contribution in [0.1, 0.15) is 17.3 Å². The molecule has 5 heteroatoms. The van der Waals surface area contributed by atoms with Crippen LogP contribution in [0.2, 0.25) is 0 Å². The van der Waals surface area contributed by atoms with E-state index in [1.54, 1.807) is 37.1 Å². The normalized spacial score (nSPS) is 11.9. The number of hydrogen-bond acceptors (Lipinski definition) is 4. The van der Waals surface area contributed by atoms with Crippen molar-refractivity contribution in [3.05, 3.63) is 23.9 Å². The number of pyridine rings is 1. The number of nitrogens with zero attached hydrogens (tertiary/aromatic N) is 1. The Morgan fingerprint density at radius 2 is 2.35 bits per heavy atom. The summed E-state index contributed by atoms with van der Waals surface area (Å²) in [6.07, 6.45) is 3.73. The summed E-state index contributed by atoms with van der Waals surface area (Å²) in [5, 5.41) is 5.84. The van der Waals surface area contributed by atoms with E-state index in [0.29, 0.717) is 23.8 Å². The molecule has 0 aromatic carbocycles. The highest BCUT2D eigenvalue weighted by Crippen LogP contribution is 2.10. The minimum Gasteiger partial charge on any atom is -0.372 e. The lowest BCUT2D eigenvalue weighted by Gasteiger charge is -2.12. The van der Waals surface area contributed by atoms with E-state index in [9.17, 15) is 4.79 Å². The van der Waals surface area contributed by atoms with Gasteiger partial charge in [-0.05, 0) is 30.1 Å². The van der Waals surface area contributed by atoms with Crippen molar-refractivity contribution in [2.75, 3.05) is 30.9 Å². The molecule has 1 aromatic rings. The molecule has 1 amide bonds. The molecule has 0 saturated heterocycles. The van der Waals surface area contributed by atoms with Crippen LogP contribution >= 0.6 is 11.8 Å². The van der Waals surface area contributed by atoms with Crippen LogP contribution in [0.25, 0.3) is 0 Å². The number of nitrogens with one attached hydrogen (secondary N) is 2. The van der Waals surface area contributed by atoms with Gasteiger partial charge in [-0.25, -0.2) is 4.98 Å². The summed E-state index contributed by atoms with van der Waals surface area (Å²) in [6, 6.07) is 3.54. The summed E-state index contributed by atoms with van der Waals surface area (Å²) in [6.45, 7) is 2.82. The third-order valence-electron chi connectivity index (χ3n) is 2.35. The number of amides is 1. The largest absolute Gasteiger partial charge is 0.372 e. The second-order valence-electron chi connectivity index (χ2n) is 3.92. The van der Waals surface area contributed by atoms with Gasteiger partial charge >= 0.3 is 0 Å². The average molecular weight is 253 g/mol. The number of thioether (sulfide) groups is 1. The molecule has 0 fully saturated rings. The monoisotopic (exact) mass is 253 g/mol. The van der Waals surface area contributed by atoms with Crippen molar-refractivity contribution in [2.45, 2.75) is 6.92 Å². The molecular weight excluding hydrogens is 234 g/mol. The van der Waals surface area contributed by atoms with Crippen molar-refractivity contribution >= 4 is 23.5 Å². The zero-order chi connectivity index (χ0) is 12.7. The Balaban J connectivity index is 2.58. The van der Waals surface area contributed by atoms with Gasteiger partial charge in [0.1, 0.15) is 5.82 Å². The van der Waals surface area contributed by atoms with Gasteiger partial charge in [-0.2, -0.15) is 11.8 Å². The topological polar surface area (TPSA) is 54.0 Å². The van der Waals surface area contributed by atoms with Crippen LogP contribution in [0.3, 0.4) is 0 Å². The summed E-state index contributed by atoms with van der Waals surface area (Å²) >= 11 is 1.79. The lowest BCUT2D eigenvalue weighted by molar-refractivity contribution is 0.0950. The summed E-state index contributed by atoms with van der Waals surface area (Å²) in [7, 11) is 1.76. The molecule has 17 heavy (non-hydrogen) atoms. The van der Waals surface area contributed by atoms with Crippen LogP contribution in [0.15, 0.2) is 18.3 Å². The van der Waals surface area contributed by atoms with Crippen LogP contribution in [0, 0.1) is 5.92 Å². The molecule has 0 bridgehead atoms. The minimum absolute atomic E-state index is 0.0737. The third kappa shape index (κ3) is 4.26. The zero-order valence-corrected chi connectivity index (χ0v) is 11.3. The molecule has 2 N–H and O–H groups in total. The SMILES string of the molecule is CNc1ncccc1C(=O)NCC(C)CSC. The highest BCUT2D eigenvalue weighted by Gasteiger charge is 2.11. The van der Waals surface area contributed by atoms with E-state index in [2.05, 4.69) is 28.8 Å². The van der Waals surface area contributed by atoms with E-state index in [0.717, 1.165) is 5.75 Å². The first-order valence-corrected chi connectivity index (χ1v) is 6.98. The van der Waals surface area contributed by atoms with Gasteiger partial charge in [-0.1, -0.05) is 6.92 Å². The number of carbonyl (C=O) groups excluding carboxylic acids is 1. The van der Waals surface area contributed by atoms with Gasteiger partial charge in [-0.3, -0.25) is 4.79 Å².